The summed E-state index contributed by atoms with van der Waals surface area (Å²) in [5, 5.41) is 0. The largest absolute Gasteiger partial charge is 0.459 e. The summed E-state index contributed by atoms with van der Waals surface area (Å²) in [7, 11) is 0. The second-order valence-corrected chi connectivity index (χ2v) is 9.39. The number of hydrogen-bond donors (Lipinski definition) is 1. The lowest BCUT2D eigenvalue weighted by Crippen LogP contribution is -2.43. The van der Waals surface area contributed by atoms with Crippen LogP contribution in [0.5, 0.6) is 0 Å². The number of aromatic nitrogens is 2. The fraction of sp³-hybridized carbons (Fsp3) is 0.161. The van der Waals surface area contributed by atoms with Gasteiger partial charge in [-0.25, -0.2) is 19.4 Å². The van der Waals surface area contributed by atoms with Crippen LogP contribution < -0.4 is 11.3 Å². The van der Waals surface area contributed by atoms with E-state index in [1.165, 1.54) is 24.3 Å². The molecule has 1 amide bonds. The van der Waals surface area contributed by atoms with Gasteiger partial charge in [-0.2, -0.15) is 0 Å². The fourth-order valence-corrected chi connectivity index (χ4v) is 4.46. The summed E-state index contributed by atoms with van der Waals surface area (Å²) >= 11 is 0. The van der Waals surface area contributed by atoms with E-state index >= 15 is 0 Å². The van der Waals surface area contributed by atoms with Gasteiger partial charge in [-0.05, 0) is 36.4 Å². The Labute approximate surface area is 244 Å². The van der Waals surface area contributed by atoms with Crippen molar-refractivity contribution in [2.24, 2.45) is 5.73 Å². The molecule has 1 aliphatic heterocycles. The Morgan fingerprint density at radius 2 is 1.23 bits per heavy atom. The Bertz CT molecular complexity index is 1680. The molecule has 1 aliphatic rings. The molecule has 218 valence electrons. The number of nitrogens with zero attached hydrogens (tertiary/aromatic N) is 2. The lowest BCUT2D eigenvalue weighted by molar-refractivity contribution is -0.0639. The van der Waals surface area contributed by atoms with Gasteiger partial charge in [0.15, 0.2) is 18.4 Å². The standard InChI is InChI=1S/C31H25N3O9/c32-26(35)22-16-33-18-34(27(22)36)28-25(43-31(39)21-14-8-3-9-15-21)24(42-30(38)20-12-6-2-7-13-20)23(41-28)17-40-29(37)19-10-4-1-5-11-19/h1-16,18,23-25,28H,17H2,(H2,32,35)/t23-,24?,25?,28-/m1/s1. The van der Waals surface area contributed by atoms with Gasteiger partial charge in [0.05, 0.1) is 23.0 Å². The number of nitrogens with two attached hydrogens (primary N) is 1. The zero-order valence-corrected chi connectivity index (χ0v) is 22.5. The van der Waals surface area contributed by atoms with Crippen molar-refractivity contribution < 1.29 is 38.1 Å². The van der Waals surface area contributed by atoms with Crippen LogP contribution in [0.15, 0.2) is 108 Å². The van der Waals surface area contributed by atoms with Gasteiger partial charge < -0.3 is 24.7 Å². The van der Waals surface area contributed by atoms with Gasteiger partial charge in [-0.15, -0.1) is 0 Å². The highest BCUT2D eigenvalue weighted by atomic mass is 16.7. The van der Waals surface area contributed by atoms with E-state index in [0.717, 1.165) is 17.1 Å². The maximum Gasteiger partial charge on any atom is 0.338 e. The van der Waals surface area contributed by atoms with E-state index < -0.39 is 66.1 Å². The van der Waals surface area contributed by atoms with Gasteiger partial charge in [0.25, 0.3) is 11.5 Å². The summed E-state index contributed by atoms with van der Waals surface area (Å²) in [6.45, 7) is -0.450. The second kappa shape index (κ2) is 12.9. The highest BCUT2D eigenvalue weighted by Gasteiger charge is 2.52. The summed E-state index contributed by atoms with van der Waals surface area (Å²) in [6, 6.07) is 24.2. The molecule has 0 aliphatic carbocycles. The van der Waals surface area contributed by atoms with Crippen LogP contribution in [0.4, 0.5) is 0 Å². The quantitative estimate of drug-likeness (QED) is 0.229. The van der Waals surface area contributed by atoms with Crippen molar-refractivity contribution in [3.05, 3.63) is 136 Å². The van der Waals surface area contributed by atoms with Crippen molar-refractivity contribution in [3.8, 4) is 0 Å². The first-order valence-electron chi connectivity index (χ1n) is 13.1. The topological polar surface area (TPSA) is 166 Å². The first kappa shape index (κ1) is 28.9. The molecular formula is C31H25N3O9. The Kier molecular flexibility index (Phi) is 8.68. The van der Waals surface area contributed by atoms with E-state index in [1.807, 2.05) is 0 Å². The zero-order valence-electron chi connectivity index (χ0n) is 22.5. The number of rotatable bonds is 9. The first-order chi connectivity index (χ1) is 20.8. The van der Waals surface area contributed by atoms with Crippen LogP contribution in [0.2, 0.25) is 0 Å². The highest BCUT2D eigenvalue weighted by molar-refractivity contribution is 5.92. The smallest absolute Gasteiger partial charge is 0.338 e. The number of benzene rings is 3. The van der Waals surface area contributed by atoms with Crippen molar-refractivity contribution in [2.45, 2.75) is 24.5 Å². The van der Waals surface area contributed by atoms with Gasteiger partial charge in [-0.3, -0.25) is 14.2 Å². The van der Waals surface area contributed by atoms with Crippen LogP contribution in [0.3, 0.4) is 0 Å². The molecule has 2 unspecified atom stereocenters. The van der Waals surface area contributed by atoms with Gasteiger partial charge >= 0.3 is 17.9 Å². The van der Waals surface area contributed by atoms with Crippen LogP contribution in [0.25, 0.3) is 0 Å². The summed E-state index contributed by atoms with van der Waals surface area (Å²) in [5.41, 5.74) is 4.64. The molecule has 0 spiro atoms. The number of esters is 3. The van der Waals surface area contributed by atoms with Crippen molar-refractivity contribution in [3.63, 3.8) is 0 Å². The molecule has 2 heterocycles. The van der Waals surface area contributed by atoms with Gasteiger partial charge in [0.1, 0.15) is 18.3 Å². The molecule has 0 saturated carbocycles. The summed E-state index contributed by atoms with van der Waals surface area (Å²) < 4.78 is 24.1. The Morgan fingerprint density at radius 3 is 1.74 bits per heavy atom. The average molecular weight is 584 g/mol. The number of carbonyl (C=O) groups is 4. The molecule has 12 heteroatoms. The first-order valence-corrected chi connectivity index (χ1v) is 13.1. The average Bonchev–Trinajstić information content (AvgIpc) is 3.36. The summed E-state index contributed by atoms with van der Waals surface area (Å²) in [6.07, 6.45) is -3.45. The predicted octanol–water partition coefficient (Wildman–Crippen LogP) is 2.55. The summed E-state index contributed by atoms with van der Waals surface area (Å²) in [4.78, 5) is 68.2. The molecule has 4 aromatic rings. The van der Waals surface area contributed by atoms with E-state index in [1.54, 1.807) is 66.7 Å². The van der Waals surface area contributed by atoms with Crippen LogP contribution in [-0.2, 0) is 18.9 Å². The Balaban J connectivity index is 1.53. The molecule has 4 atom stereocenters. The van der Waals surface area contributed by atoms with E-state index in [-0.39, 0.29) is 16.7 Å². The molecule has 43 heavy (non-hydrogen) atoms. The number of amides is 1. The van der Waals surface area contributed by atoms with Crippen LogP contribution >= 0.6 is 0 Å². The highest BCUT2D eigenvalue weighted by Crippen LogP contribution is 2.34. The second-order valence-electron chi connectivity index (χ2n) is 9.39. The number of ether oxygens (including phenoxy) is 4. The summed E-state index contributed by atoms with van der Waals surface area (Å²) in [5.74, 6) is -3.32. The molecule has 3 aromatic carbocycles. The minimum atomic E-state index is -1.46. The van der Waals surface area contributed by atoms with Crippen molar-refractivity contribution >= 4 is 23.8 Å². The van der Waals surface area contributed by atoms with Crippen molar-refractivity contribution in [2.75, 3.05) is 6.61 Å². The third-order valence-electron chi connectivity index (χ3n) is 6.58. The SMILES string of the molecule is NC(=O)c1cncn([C@@H]2O[C@H](COC(=O)c3ccccc3)C(OC(=O)c3ccccc3)C2OC(=O)c2ccccc2)c1=O. The van der Waals surface area contributed by atoms with Crippen molar-refractivity contribution in [1.29, 1.82) is 0 Å². The molecule has 1 saturated heterocycles. The molecule has 0 radical (unpaired) electrons. The van der Waals surface area contributed by atoms with E-state index in [2.05, 4.69) is 4.98 Å². The van der Waals surface area contributed by atoms with E-state index in [0.29, 0.717) is 0 Å². The lowest BCUT2D eigenvalue weighted by atomic mass is 10.1. The fourth-order valence-electron chi connectivity index (χ4n) is 4.46. The normalized spacial score (nSPS) is 19.3. The van der Waals surface area contributed by atoms with Crippen molar-refractivity contribution in [1.82, 2.24) is 9.55 Å². The van der Waals surface area contributed by atoms with E-state index in [9.17, 15) is 24.0 Å². The molecule has 1 fully saturated rings. The third-order valence-corrected chi connectivity index (χ3v) is 6.58. The predicted molar refractivity (Wildman–Crippen MR) is 149 cm³/mol. The molecule has 0 bridgehead atoms. The maximum atomic E-state index is 13.2. The minimum Gasteiger partial charge on any atom is -0.459 e. The molecule has 1 aromatic heterocycles. The molecular weight excluding hydrogens is 558 g/mol. The van der Waals surface area contributed by atoms with E-state index in [4.69, 9.17) is 24.7 Å². The molecule has 2 N–H and O–H groups in total. The van der Waals surface area contributed by atoms with Gasteiger partial charge in [-0.1, -0.05) is 54.6 Å². The Hall–Kier alpha value is -5.62. The maximum absolute atomic E-state index is 13.2. The third kappa shape index (κ3) is 6.49. The number of hydrogen-bond acceptors (Lipinski definition) is 10. The number of carbonyl (C=O) groups excluding carboxylic acids is 4. The molecule has 12 nitrogen and oxygen atoms in total. The zero-order chi connectivity index (χ0) is 30.3. The van der Waals surface area contributed by atoms with Gasteiger partial charge in [0.2, 0.25) is 0 Å². The number of primary amides is 1. The van der Waals surface area contributed by atoms with Crippen LogP contribution in [0, 0.1) is 0 Å². The lowest BCUT2D eigenvalue weighted by Gasteiger charge is -2.25. The Morgan fingerprint density at radius 1 is 0.744 bits per heavy atom. The monoisotopic (exact) mass is 583 g/mol. The van der Waals surface area contributed by atoms with Crippen LogP contribution in [0.1, 0.15) is 47.7 Å². The van der Waals surface area contributed by atoms with Crippen LogP contribution in [-0.4, -0.2) is 58.3 Å². The minimum absolute atomic E-state index is 0.171. The van der Waals surface area contributed by atoms with Gasteiger partial charge in [0, 0.05) is 6.20 Å². The molecule has 5 rings (SSSR count).